The molecule has 2 rings (SSSR count). The number of aromatic carboxylic acids is 1. The standard InChI is InChI=1S/C14H9ClF2O3/c15-13-8(3-1-5-10(13)17)7-20-11-6-2-4-9(16)12(11)14(18)19/h1-6H,7H2,(H,18,19). The number of hydrogen-bond donors (Lipinski definition) is 1. The summed E-state index contributed by atoms with van der Waals surface area (Å²) in [6.07, 6.45) is 0. The Morgan fingerprint density at radius 2 is 1.80 bits per heavy atom. The first kappa shape index (κ1) is 14.3. The molecule has 0 spiro atoms. The van der Waals surface area contributed by atoms with Gasteiger partial charge >= 0.3 is 5.97 Å². The quantitative estimate of drug-likeness (QED) is 0.931. The summed E-state index contributed by atoms with van der Waals surface area (Å²) >= 11 is 5.75. The smallest absolute Gasteiger partial charge is 0.342 e. The largest absolute Gasteiger partial charge is 0.488 e. The molecule has 104 valence electrons. The fourth-order valence-electron chi connectivity index (χ4n) is 1.65. The second kappa shape index (κ2) is 5.88. The fraction of sp³-hybridized carbons (Fsp3) is 0.0714. The van der Waals surface area contributed by atoms with Crippen LogP contribution >= 0.6 is 11.6 Å². The van der Waals surface area contributed by atoms with Crippen molar-refractivity contribution in [2.75, 3.05) is 0 Å². The maximum absolute atomic E-state index is 13.4. The lowest BCUT2D eigenvalue weighted by atomic mass is 10.2. The molecule has 20 heavy (non-hydrogen) atoms. The molecule has 0 aliphatic heterocycles. The van der Waals surface area contributed by atoms with Gasteiger partial charge in [0.25, 0.3) is 0 Å². The minimum atomic E-state index is -1.44. The van der Waals surface area contributed by atoms with Gasteiger partial charge in [0, 0.05) is 5.56 Å². The van der Waals surface area contributed by atoms with Gasteiger partial charge in [0.15, 0.2) is 0 Å². The highest BCUT2D eigenvalue weighted by molar-refractivity contribution is 6.31. The Morgan fingerprint density at radius 1 is 1.15 bits per heavy atom. The van der Waals surface area contributed by atoms with Crippen LogP contribution in [0.2, 0.25) is 5.02 Å². The normalized spacial score (nSPS) is 10.3. The van der Waals surface area contributed by atoms with E-state index in [9.17, 15) is 13.6 Å². The van der Waals surface area contributed by atoms with Gasteiger partial charge in [0.1, 0.15) is 29.6 Å². The van der Waals surface area contributed by atoms with Gasteiger partial charge in [-0.2, -0.15) is 0 Å². The Kier molecular flexibility index (Phi) is 4.20. The minimum Gasteiger partial charge on any atom is -0.488 e. The fourth-order valence-corrected chi connectivity index (χ4v) is 1.83. The molecule has 1 N–H and O–H groups in total. The molecule has 0 aliphatic carbocycles. The Balaban J connectivity index is 2.26. The van der Waals surface area contributed by atoms with E-state index in [1.807, 2.05) is 0 Å². The maximum Gasteiger partial charge on any atom is 0.342 e. The average Bonchev–Trinajstić information content (AvgIpc) is 2.40. The SMILES string of the molecule is O=C(O)c1c(F)cccc1OCc1cccc(F)c1Cl. The molecule has 2 aromatic carbocycles. The molecule has 0 bridgehead atoms. The Bertz CT molecular complexity index is 659. The van der Waals surface area contributed by atoms with Crippen molar-refractivity contribution in [2.45, 2.75) is 6.61 Å². The zero-order valence-corrected chi connectivity index (χ0v) is 10.8. The average molecular weight is 299 g/mol. The number of rotatable bonds is 4. The molecule has 0 radical (unpaired) electrons. The van der Waals surface area contributed by atoms with E-state index in [1.54, 1.807) is 0 Å². The lowest BCUT2D eigenvalue weighted by Gasteiger charge is -2.10. The van der Waals surface area contributed by atoms with Crippen LogP contribution in [0.15, 0.2) is 36.4 Å². The van der Waals surface area contributed by atoms with E-state index >= 15 is 0 Å². The van der Waals surface area contributed by atoms with E-state index in [0.717, 1.165) is 6.07 Å². The minimum absolute atomic E-state index is 0.110. The van der Waals surface area contributed by atoms with Gasteiger partial charge in [0.2, 0.25) is 0 Å². The van der Waals surface area contributed by atoms with Gasteiger partial charge in [-0.15, -0.1) is 0 Å². The molecule has 0 heterocycles. The molecule has 0 saturated carbocycles. The van der Waals surface area contributed by atoms with Crippen molar-refractivity contribution in [1.29, 1.82) is 0 Å². The predicted molar refractivity (Wildman–Crippen MR) is 69.1 cm³/mol. The zero-order valence-electron chi connectivity index (χ0n) is 10.1. The van der Waals surface area contributed by atoms with Crippen LogP contribution in [-0.4, -0.2) is 11.1 Å². The lowest BCUT2D eigenvalue weighted by Crippen LogP contribution is -2.06. The van der Waals surface area contributed by atoms with E-state index in [1.165, 1.54) is 30.3 Å². The highest BCUT2D eigenvalue weighted by Crippen LogP contribution is 2.25. The van der Waals surface area contributed by atoms with Crippen molar-refractivity contribution in [3.63, 3.8) is 0 Å². The summed E-state index contributed by atoms with van der Waals surface area (Å²) in [6, 6.07) is 7.83. The van der Waals surface area contributed by atoms with Gasteiger partial charge in [-0.1, -0.05) is 29.8 Å². The summed E-state index contributed by atoms with van der Waals surface area (Å²) < 4.78 is 31.9. The van der Waals surface area contributed by atoms with Crippen LogP contribution in [0.5, 0.6) is 5.75 Å². The summed E-state index contributed by atoms with van der Waals surface area (Å²) in [5.74, 6) is -3.09. The van der Waals surface area contributed by atoms with Crippen LogP contribution in [0.3, 0.4) is 0 Å². The Hall–Kier alpha value is -2.14. The predicted octanol–water partition coefficient (Wildman–Crippen LogP) is 3.90. The van der Waals surface area contributed by atoms with Crippen molar-refractivity contribution in [2.24, 2.45) is 0 Å². The van der Waals surface area contributed by atoms with Crippen LogP contribution in [0.25, 0.3) is 0 Å². The molecule has 0 aromatic heterocycles. The van der Waals surface area contributed by atoms with Gasteiger partial charge in [-0.05, 0) is 18.2 Å². The molecule has 0 unspecified atom stereocenters. The number of hydrogen-bond acceptors (Lipinski definition) is 2. The van der Waals surface area contributed by atoms with E-state index in [0.29, 0.717) is 5.56 Å². The van der Waals surface area contributed by atoms with Crippen molar-refractivity contribution < 1.29 is 23.4 Å². The van der Waals surface area contributed by atoms with E-state index in [2.05, 4.69) is 0 Å². The topological polar surface area (TPSA) is 46.5 Å². The van der Waals surface area contributed by atoms with Crippen LogP contribution < -0.4 is 4.74 Å². The van der Waals surface area contributed by atoms with Gasteiger partial charge in [-0.3, -0.25) is 0 Å². The molecule has 0 fully saturated rings. The van der Waals surface area contributed by atoms with Crippen molar-refractivity contribution in [3.8, 4) is 5.75 Å². The first-order valence-electron chi connectivity index (χ1n) is 5.58. The van der Waals surface area contributed by atoms with Gasteiger partial charge in [0.05, 0.1) is 5.02 Å². The molecule has 3 nitrogen and oxygen atoms in total. The summed E-state index contributed by atoms with van der Waals surface area (Å²) in [5.41, 5.74) is -0.229. The summed E-state index contributed by atoms with van der Waals surface area (Å²) in [7, 11) is 0. The third kappa shape index (κ3) is 2.88. The third-order valence-corrected chi connectivity index (χ3v) is 3.03. The third-order valence-electron chi connectivity index (χ3n) is 2.60. The van der Waals surface area contributed by atoms with Crippen molar-refractivity contribution >= 4 is 17.6 Å². The molecule has 6 heteroatoms. The number of ether oxygens (including phenoxy) is 1. The Labute approximate surface area is 118 Å². The number of carboxylic acid groups (broad SMARTS) is 1. The van der Waals surface area contributed by atoms with Crippen molar-refractivity contribution in [1.82, 2.24) is 0 Å². The van der Waals surface area contributed by atoms with Crippen LogP contribution in [0, 0.1) is 11.6 Å². The summed E-state index contributed by atoms with van der Waals surface area (Å²) in [5, 5.41) is 8.83. The van der Waals surface area contributed by atoms with Crippen LogP contribution in [0.4, 0.5) is 8.78 Å². The summed E-state index contributed by atoms with van der Waals surface area (Å²) in [4.78, 5) is 11.0. The maximum atomic E-state index is 13.4. The number of halogens is 3. The summed E-state index contributed by atoms with van der Waals surface area (Å²) in [6.45, 7) is -0.166. The molecule has 0 atom stereocenters. The van der Waals surface area contributed by atoms with Gasteiger partial charge < -0.3 is 9.84 Å². The molecular weight excluding hydrogens is 290 g/mol. The molecule has 0 saturated heterocycles. The highest BCUT2D eigenvalue weighted by atomic mass is 35.5. The van der Waals surface area contributed by atoms with Crippen LogP contribution in [0.1, 0.15) is 15.9 Å². The van der Waals surface area contributed by atoms with E-state index in [4.69, 9.17) is 21.4 Å². The first-order chi connectivity index (χ1) is 9.50. The van der Waals surface area contributed by atoms with Gasteiger partial charge in [-0.25, -0.2) is 13.6 Å². The second-order valence-corrected chi connectivity index (χ2v) is 4.30. The number of benzene rings is 2. The van der Waals surface area contributed by atoms with E-state index < -0.39 is 23.2 Å². The lowest BCUT2D eigenvalue weighted by molar-refractivity contribution is 0.0686. The van der Waals surface area contributed by atoms with Crippen LogP contribution in [-0.2, 0) is 6.61 Å². The second-order valence-electron chi connectivity index (χ2n) is 3.92. The molecular formula is C14H9ClF2O3. The zero-order chi connectivity index (χ0) is 14.7. The highest BCUT2D eigenvalue weighted by Gasteiger charge is 2.17. The van der Waals surface area contributed by atoms with E-state index in [-0.39, 0.29) is 17.4 Å². The van der Waals surface area contributed by atoms with Crippen molar-refractivity contribution in [3.05, 3.63) is 64.2 Å². The Morgan fingerprint density at radius 3 is 2.50 bits per heavy atom. The molecule has 2 aromatic rings. The monoisotopic (exact) mass is 298 g/mol. The number of carbonyl (C=O) groups is 1. The molecule has 0 amide bonds. The first-order valence-corrected chi connectivity index (χ1v) is 5.96. The number of carboxylic acids is 1. The molecule has 0 aliphatic rings.